The molecule has 5 heteroatoms. The topological polar surface area (TPSA) is 14.7 Å². The van der Waals surface area contributed by atoms with E-state index in [0.29, 0.717) is 12.1 Å². The molecule has 4 aliphatic heterocycles. The molecule has 1 aromatic heterocycles. The Labute approximate surface area is 544 Å². The first-order valence-corrected chi connectivity index (χ1v) is 33.9. The molecule has 4 nitrogen and oxygen atoms in total. The first kappa shape index (κ1) is 56.7. The molecule has 11 aromatic carbocycles. The molecule has 6 aliphatic rings. The van der Waals surface area contributed by atoms with Crippen LogP contribution in [-0.2, 0) is 16.2 Å². The standard InChI is InChI=1S/C87H81BN4/c1-85(2,3)61-36-42-76-72(49-61)73-50-62(86(4,5)6)37-43-77(73)90(76)65-39-41-75-79(54-65)92(84-70(59-28-18-12-19-29-59)34-23-35-71(84)60-30-20-13-21-31-60)81-52-63(87(7,8)9)51-80-82(81)88(75)74-40-38-64(89-66-45-55-44-56(47-66)48-67(89)46-55)53-78(74)91(80)83-68(57-24-14-10-15-25-57)32-22-33-69(83)58-26-16-11-17-27-58/h10-43,49-56,66-67H,44-48H2,1-9H3. The van der Waals surface area contributed by atoms with Gasteiger partial charge in [0.25, 0.3) is 6.71 Å². The minimum Gasteiger partial charge on any atom is -0.365 e. The van der Waals surface area contributed by atoms with E-state index in [-0.39, 0.29) is 23.0 Å². The first-order chi connectivity index (χ1) is 44.5. The van der Waals surface area contributed by atoms with Gasteiger partial charge in [-0.25, -0.2) is 0 Å². The molecular formula is C87H81BN4. The number of fused-ring (bicyclic) bond motifs is 7. The van der Waals surface area contributed by atoms with Gasteiger partial charge in [-0.1, -0.05) is 244 Å². The van der Waals surface area contributed by atoms with Crippen LogP contribution in [0.25, 0.3) is 72.0 Å². The summed E-state index contributed by atoms with van der Waals surface area (Å²) in [5.41, 5.74) is 29.3. The number of aromatic nitrogens is 1. The SMILES string of the molecule is CC(C)(C)c1cc2c3c(c1)N(c1c(-c4ccccc4)cccc1-c1ccccc1)c1cc(-n4c5ccc(C(C)(C)C)cc5c5cc(C(C)(C)C)ccc54)ccc1B3c1ccc(N3C4CC5CC(C4)CC3C5)cc1N2c1c(-c2ccccc2)cccc1-c1ccccc1. The molecule has 12 aromatic rings. The Balaban J connectivity index is 1.02. The van der Waals surface area contributed by atoms with Crippen molar-refractivity contribution >= 4 is 84.7 Å². The fraction of sp³-hybridized carbons (Fsp3) is 0.241. The molecular weight excluding hydrogens is 1110 g/mol. The summed E-state index contributed by atoms with van der Waals surface area (Å²) in [6.07, 6.45) is 6.62. The lowest BCUT2D eigenvalue weighted by molar-refractivity contribution is 0.0900. The van der Waals surface area contributed by atoms with Crippen molar-refractivity contribution in [2.45, 2.75) is 123 Å². The summed E-state index contributed by atoms with van der Waals surface area (Å²) in [7, 11) is 0. The molecule has 2 saturated carbocycles. The van der Waals surface area contributed by atoms with Crippen LogP contribution in [0.3, 0.4) is 0 Å². The normalized spacial score (nSPS) is 18.2. The van der Waals surface area contributed by atoms with E-state index in [9.17, 15) is 0 Å². The highest BCUT2D eigenvalue weighted by molar-refractivity contribution is 7.00. The highest BCUT2D eigenvalue weighted by Gasteiger charge is 2.49. The maximum atomic E-state index is 2.91. The molecule has 0 radical (unpaired) electrons. The number of rotatable bonds is 8. The van der Waals surface area contributed by atoms with E-state index in [0.717, 1.165) is 17.5 Å². The highest BCUT2D eigenvalue weighted by Crippen LogP contribution is 2.56. The van der Waals surface area contributed by atoms with Gasteiger partial charge >= 0.3 is 0 Å². The van der Waals surface area contributed by atoms with E-state index in [1.165, 1.54) is 171 Å². The van der Waals surface area contributed by atoms with Crippen molar-refractivity contribution in [3.63, 3.8) is 0 Å². The molecule has 0 atom stereocenters. The molecule has 0 amide bonds. The Hall–Kier alpha value is -9.32. The van der Waals surface area contributed by atoms with Crippen molar-refractivity contribution in [1.82, 2.24) is 4.57 Å². The summed E-state index contributed by atoms with van der Waals surface area (Å²) < 4.78 is 2.57. The van der Waals surface area contributed by atoms with Gasteiger partial charge in [-0.2, -0.15) is 0 Å². The minimum absolute atomic E-state index is 0.0241. The lowest BCUT2D eigenvalue weighted by Crippen LogP contribution is -2.62. The third-order valence-corrected chi connectivity index (χ3v) is 21.7. The van der Waals surface area contributed by atoms with Crippen LogP contribution in [-0.4, -0.2) is 23.4 Å². The summed E-state index contributed by atoms with van der Waals surface area (Å²) in [4.78, 5) is 8.41. The second-order valence-electron chi connectivity index (χ2n) is 30.6. The van der Waals surface area contributed by atoms with Crippen LogP contribution in [0.4, 0.5) is 39.8 Å². The highest BCUT2D eigenvalue weighted by atomic mass is 15.2. The zero-order valence-electron chi connectivity index (χ0n) is 54.8. The Bertz CT molecular complexity index is 4670. The second-order valence-corrected chi connectivity index (χ2v) is 30.6. The molecule has 4 bridgehead atoms. The lowest BCUT2D eigenvalue weighted by atomic mass is 9.33. The number of nitrogens with zero attached hydrogens (tertiary/aromatic N) is 4. The maximum absolute atomic E-state index is 2.91. The van der Waals surface area contributed by atoms with Gasteiger partial charge in [0.15, 0.2) is 0 Å². The Morgan fingerprint density at radius 2 is 0.696 bits per heavy atom. The van der Waals surface area contributed by atoms with Crippen LogP contribution < -0.4 is 31.1 Å². The second kappa shape index (κ2) is 21.1. The summed E-state index contributed by atoms with van der Waals surface area (Å²) in [5, 5.41) is 2.58. The molecule has 5 heterocycles. The Morgan fingerprint density at radius 3 is 1.08 bits per heavy atom. The summed E-state index contributed by atoms with van der Waals surface area (Å²) in [6, 6.07) is 94.9. The van der Waals surface area contributed by atoms with Crippen LogP contribution in [0.1, 0.15) is 111 Å². The van der Waals surface area contributed by atoms with E-state index in [2.05, 4.69) is 324 Å². The van der Waals surface area contributed by atoms with Gasteiger partial charge in [0.05, 0.1) is 22.4 Å². The largest absolute Gasteiger partial charge is 0.365 e. The minimum atomic E-state index is -0.252. The summed E-state index contributed by atoms with van der Waals surface area (Å²) >= 11 is 0. The van der Waals surface area contributed by atoms with Crippen molar-refractivity contribution in [3.05, 3.63) is 259 Å². The van der Waals surface area contributed by atoms with E-state index in [1.807, 2.05) is 0 Å². The van der Waals surface area contributed by atoms with Gasteiger partial charge in [-0.15, -0.1) is 0 Å². The van der Waals surface area contributed by atoms with Crippen LogP contribution in [0, 0.1) is 11.8 Å². The van der Waals surface area contributed by atoms with Crippen molar-refractivity contribution in [2.75, 3.05) is 14.7 Å². The number of benzene rings is 11. The average Bonchev–Trinajstić information content (AvgIpc) is 0.729. The summed E-state index contributed by atoms with van der Waals surface area (Å²) in [5.74, 6) is 1.70. The van der Waals surface area contributed by atoms with Gasteiger partial charge in [0.1, 0.15) is 0 Å². The van der Waals surface area contributed by atoms with Crippen LogP contribution in [0.15, 0.2) is 243 Å². The van der Waals surface area contributed by atoms with Crippen molar-refractivity contribution < 1.29 is 0 Å². The number of piperidine rings is 2. The molecule has 0 N–H and O–H groups in total. The number of para-hydroxylation sites is 2. The lowest BCUT2D eigenvalue weighted by Gasteiger charge is -2.57. The van der Waals surface area contributed by atoms with Crippen molar-refractivity contribution in [2.24, 2.45) is 11.8 Å². The molecule has 0 spiro atoms. The predicted molar refractivity (Wildman–Crippen MR) is 393 cm³/mol. The maximum Gasteiger partial charge on any atom is 0.252 e. The van der Waals surface area contributed by atoms with E-state index in [4.69, 9.17) is 0 Å². The number of anilines is 7. The predicted octanol–water partition coefficient (Wildman–Crippen LogP) is 21.2. The van der Waals surface area contributed by atoms with Gasteiger partial charge < -0.3 is 19.3 Å². The summed E-state index contributed by atoms with van der Waals surface area (Å²) in [6.45, 7) is 21.1. The van der Waals surface area contributed by atoms with Crippen LogP contribution >= 0.6 is 0 Å². The van der Waals surface area contributed by atoms with Gasteiger partial charge in [0.2, 0.25) is 0 Å². The van der Waals surface area contributed by atoms with Gasteiger partial charge in [-0.05, 0) is 176 Å². The molecule has 0 unspecified atom stereocenters. The van der Waals surface area contributed by atoms with Gasteiger partial charge in [0, 0.05) is 79.2 Å². The quantitative estimate of drug-likeness (QED) is 0.141. The van der Waals surface area contributed by atoms with Gasteiger partial charge in [-0.3, -0.25) is 0 Å². The third kappa shape index (κ3) is 9.15. The van der Waals surface area contributed by atoms with E-state index in [1.54, 1.807) is 0 Å². The Morgan fingerprint density at radius 1 is 0.326 bits per heavy atom. The van der Waals surface area contributed by atoms with E-state index < -0.39 is 0 Å². The number of hydrogen-bond acceptors (Lipinski definition) is 3. The first-order valence-electron chi connectivity index (χ1n) is 33.9. The van der Waals surface area contributed by atoms with Crippen LogP contribution in [0.5, 0.6) is 0 Å². The monoisotopic (exact) mass is 1190 g/mol. The fourth-order valence-electron chi connectivity index (χ4n) is 17.3. The Kier molecular flexibility index (Phi) is 13.0. The van der Waals surface area contributed by atoms with Crippen molar-refractivity contribution in [1.29, 1.82) is 0 Å². The smallest absolute Gasteiger partial charge is 0.252 e. The average molecular weight is 1190 g/mol. The van der Waals surface area contributed by atoms with E-state index >= 15 is 0 Å². The van der Waals surface area contributed by atoms with Crippen molar-refractivity contribution in [3.8, 4) is 50.2 Å². The molecule has 452 valence electrons. The zero-order chi connectivity index (χ0) is 62.5. The molecule has 2 aliphatic carbocycles. The zero-order valence-corrected chi connectivity index (χ0v) is 54.8. The molecule has 4 fully saturated rings. The molecule has 92 heavy (non-hydrogen) atoms. The molecule has 2 saturated heterocycles. The number of hydrogen-bond donors (Lipinski definition) is 0. The third-order valence-electron chi connectivity index (χ3n) is 21.7. The fourth-order valence-corrected chi connectivity index (χ4v) is 17.3. The molecule has 18 rings (SSSR count). The van der Waals surface area contributed by atoms with Crippen LogP contribution in [0.2, 0.25) is 0 Å².